The van der Waals surface area contributed by atoms with E-state index in [0.29, 0.717) is 23.5 Å². The van der Waals surface area contributed by atoms with Gasteiger partial charge in [0.15, 0.2) is 0 Å². The minimum atomic E-state index is 0.394. The third kappa shape index (κ3) is 7.99. The van der Waals surface area contributed by atoms with Gasteiger partial charge in [-0.05, 0) is 70.3 Å². The smallest absolute Gasteiger partial charge is 0.00439 e. The summed E-state index contributed by atoms with van der Waals surface area (Å²) in [5.74, 6) is 2.23. The van der Waals surface area contributed by atoms with Gasteiger partial charge >= 0.3 is 0 Å². The van der Waals surface area contributed by atoms with Crippen LogP contribution in [0.25, 0.3) is 0 Å². The fourth-order valence-corrected chi connectivity index (χ4v) is 4.96. The Bertz CT molecular complexity index is 330. The van der Waals surface area contributed by atoms with E-state index in [0.717, 1.165) is 17.8 Å². The highest BCUT2D eigenvalue weighted by Gasteiger charge is 2.41. The van der Waals surface area contributed by atoms with E-state index in [1.165, 1.54) is 38.5 Å². The molecule has 0 amide bonds. The normalized spacial score (nSPS) is 21.8. The molecule has 7 atom stereocenters. The maximum atomic E-state index is 3.83. The average molecular weight is 355 g/mol. The summed E-state index contributed by atoms with van der Waals surface area (Å²) in [6.07, 6.45) is 7.71. The second-order valence-corrected chi connectivity index (χ2v) is 9.28. The van der Waals surface area contributed by atoms with Crippen LogP contribution in [-0.4, -0.2) is 25.2 Å². The van der Waals surface area contributed by atoms with E-state index in [1.54, 1.807) is 0 Å². The van der Waals surface area contributed by atoms with Crippen LogP contribution < -0.4 is 10.6 Å². The van der Waals surface area contributed by atoms with Gasteiger partial charge in [-0.15, -0.1) is 0 Å². The lowest BCUT2D eigenvalue weighted by Gasteiger charge is -2.48. The van der Waals surface area contributed by atoms with Gasteiger partial charge in [0.05, 0.1) is 0 Å². The van der Waals surface area contributed by atoms with Crippen molar-refractivity contribution in [1.82, 2.24) is 10.6 Å². The van der Waals surface area contributed by atoms with Gasteiger partial charge in [0.25, 0.3) is 0 Å². The molecular weight excluding hydrogens is 304 g/mol. The average Bonchev–Trinajstić information content (AvgIpc) is 2.53. The minimum absolute atomic E-state index is 0.394. The molecule has 0 aromatic carbocycles. The van der Waals surface area contributed by atoms with Crippen LogP contribution in [0, 0.1) is 23.2 Å². The quantitative estimate of drug-likeness (QED) is 0.385. The Hall–Kier alpha value is -0.0800. The number of hydrogen-bond acceptors (Lipinski definition) is 2. The van der Waals surface area contributed by atoms with Crippen molar-refractivity contribution in [3.05, 3.63) is 0 Å². The SMILES string of the molecule is CCCC(C)NC(C)CC(C)C(C)(C(C)CCC)C(C)CC(C)NC. The van der Waals surface area contributed by atoms with Crippen molar-refractivity contribution in [1.29, 1.82) is 0 Å². The minimum Gasteiger partial charge on any atom is -0.317 e. The lowest BCUT2D eigenvalue weighted by molar-refractivity contribution is 0.0216. The highest BCUT2D eigenvalue weighted by atomic mass is 14.9. The maximum absolute atomic E-state index is 3.83. The van der Waals surface area contributed by atoms with E-state index in [1.807, 2.05) is 0 Å². The third-order valence-electron chi connectivity index (χ3n) is 7.10. The molecule has 0 heterocycles. The molecule has 0 rings (SSSR count). The second-order valence-electron chi connectivity index (χ2n) is 9.28. The van der Waals surface area contributed by atoms with Crippen LogP contribution in [0.4, 0.5) is 0 Å². The molecule has 0 aliphatic carbocycles. The van der Waals surface area contributed by atoms with E-state index < -0.39 is 0 Å². The Kier molecular flexibility index (Phi) is 12.3. The Labute approximate surface area is 160 Å². The third-order valence-corrected chi connectivity index (χ3v) is 7.10. The van der Waals surface area contributed by atoms with Gasteiger partial charge in [-0.3, -0.25) is 0 Å². The summed E-state index contributed by atoms with van der Waals surface area (Å²) in [4.78, 5) is 0. The van der Waals surface area contributed by atoms with Crippen molar-refractivity contribution in [3.63, 3.8) is 0 Å². The molecule has 0 saturated heterocycles. The van der Waals surface area contributed by atoms with Crippen molar-refractivity contribution in [2.24, 2.45) is 23.2 Å². The monoisotopic (exact) mass is 354 g/mol. The highest BCUT2D eigenvalue weighted by Crippen LogP contribution is 2.47. The van der Waals surface area contributed by atoms with Crippen molar-refractivity contribution < 1.29 is 0 Å². The molecule has 2 N–H and O–H groups in total. The van der Waals surface area contributed by atoms with Gasteiger partial charge in [0.2, 0.25) is 0 Å². The Morgan fingerprint density at radius 3 is 1.60 bits per heavy atom. The molecule has 0 saturated carbocycles. The maximum Gasteiger partial charge on any atom is 0.00439 e. The first-order chi connectivity index (χ1) is 11.6. The number of nitrogens with one attached hydrogen (secondary N) is 2. The van der Waals surface area contributed by atoms with E-state index in [-0.39, 0.29) is 0 Å². The van der Waals surface area contributed by atoms with Crippen LogP contribution in [0.3, 0.4) is 0 Å². The largest absolute Gasteiger partial charge is 0.317 e. The first-order valence-corrected chi connectivity index (χ1v) is 11.1. The van der Waals surface area contributed by atoms with Crippen molar-refractivity contribution in [2.45, 2.75) is 119 Å². The molecule has 0 radical (unpaired) electrons. The van der Waals surface area contributed by atoms with Crippen molar-refractivity contribution in [2.75, 3.05) is 7.05 Å². The Balaban J connectivity index is 5.11. The van der Waals surface area contributed by atoms with Gasteiger partial charge in [-0.25, -0.2) is 0 Å². The van der Waals surface area contributed by atoms with Crippen molar-refractivity contribution >= 4 is 0 Å². The van der Waals surface area contributed by atoms with Crippen LogP contribution >= 0.6 is 0 Å². The molecule has 152 valence electrons. The summed E-state index contributed by atoms with van der Waals surface area (Å²) < 4.78 is 0. The summed E-state index contributed by atoms with van der Waals surface area (Å²) in [6, 6.07) is 1.82. The van der Waals surface area contributed by atoms with Gasteiger partial charge in [0.1, 0.15) is 0 Å². The molecular formula is C23H50N2. The highest BCUT2D eigenvalue weighted by molar-refractivity contribution is 4.91. The molecule has 0 aromatic heterocycles. The zero-order chi connectivity index (χ0) is 19.6. The Morgan fingerprint density at radius 2 is 1.16 bits per heavy atom. The molecule has 25 heavy (non-hydrogen) atoms. The predicted octanol–water partition coefficient (Wildman–Crippen LogP) is 6.26. The second kappa shape index (κ2) is 12.3. The first-order valence-electron chi connectivity index (χ1n) is 11.1. The Morgan fingerprint density at radius 1 is 0.680 bits per heavy atom. The molecule has 0 bridgehead atoms. The van der Waals surface area contributed by atoms with E-state index >= 15 is 0 Å². The van der Waals surface area contributed by atoms with Gasteiger partial charge < -0.3 is 10.6 Å². The molecule has 7 unspecified atom stereocenters. The molecule has 0 fully saturated rings. The molecule has 0 spiro atoms. The zero-order valence-corrected chi connectivity index (χ0v) is 19.2. The summed E-state index contributed by atoms with van der Waals surface area (Å²) >= 11 is 0. The van der Waals surface area contributed by atoms with Crippen molar-refractivity contribution in [3.8, 4) is 0 Å². The van der Waals surface area contributed by atoms with E-state index in [2.05, 4.69) is 80.0 Å². The molecule has 2 heteroatoms. The molecule has 0 aliphatic heterocycles. The van der Waals surface area contributed by atoms with Crippen LogP contribution in [0.1, 0.15) is 101 Å². The molecule has 2 nitrogen and oxygen atoms in total. The lowest BCUT2D eigenvalue weighted by Crippen LogP contribution is -2.44. The summed E-state index contributed by atoms with van der Waals surface area (Å²) in [7, 11) is 2.09. The number of rotatable bonds is 14. The van der Waals surface area contributed by atoms with E-state index in [9.17, 15) is 0 Å². The fourth-order valence-electron chi connectivity index (χ4n) is 4.96. The lowest BCUT2D eigenvalue weighted by atomic mass is 9.58. The zero-order valence-electron chi connectivity index (χ0n) is 19.2. The van der Waals surface area contributed by atoms with Crippen LogP contribution in [0.2, 0.25) is 0 Å². The van der Waals surface area contributed by atoms with E-state index in [4.69, 9.17) is 0 Å². The molecule has 0 aromatic rings. The number of hydrogen-bond donors (Lipinski definition) is 2. The standard InChI is InChI=1S/C23H50N2/c1-11-13-17(3)23(9,18(4)15-21(7)24-10)19(5)16-22(8)25-20(6)14-12-2/h17-22,24-25H,11-16H2,1-10H3. The topological polar surface area (TPSA) is 24.1 Å². The van der Waals surface area contributed by atoms with Gasteiger partial charge in [0, 0.05) is 18.1 Å². The summed E-state index contributed by atoms with van der Waals surface area (Å²) in [6.45, 7) is 21.7. The van der Waals surface area contributed by atoms with Crippen LogP contribution in [0.15, 0.2) is 0 Å². The van der Waals surface area contributed by atoms with Gasteiger partial charge in [-0.2, -0.15) is 0 Å². The predicted molar refractivity (Wildman–Crippen MR) is 115 cm³/mol. The van der Waals surface area contributed by atoms with Crippen LogP contribution in [-0.2, 0) is 0 Å². The molecule has 0 aliphatic rings. The fraction of sp³-hybridized carbons (Fsp3) is 1.00. The van der Waals surface area contributed by atoms with Crippen LogP contribution in [0.5, 0.6) is 0 Å². The summed E-state index contributed by atoms with van der Waals surface area (Å²) in [5, 5.41) is 7.28. The summed E-state index contributed by atoms with van der Waals surface area (Å²) in [5.41, 5.74) is 0.394. The van der Waals surface area contributed by atoms with Gasteiger partial charge in [-0.1, -0.05) is 60.8 Å². The first kappa shape index (κ1) is 24.9.